The molecule has 1 saturated carbocycles. The standard InChI is InChI=1S/C23H31NO3/c1-13-8-9-18-20(10-13)27-22-17-12-15-14(6-5-7-19(15)26-4)11-16(17)21(25)24(22)23(18,2)3/h5-7,13,16-18,20,22H,8-12H2,1-4H3/t13-,16+,17+,18-,20-,22+/m1/s1. The molecular weight excluding hydrogens is 338 g/mol. The van der Waals surface area contributed by atoms with Crippen molar-refractivity contribution >= 4 is 5.91 Å². The van der Waals surface area contributed by atoms with E-state index in [0.29, 0.717) is 17.7 Å². The average Bonchev–Trinajstić information content (AvgIpc) is 2.91. The minimum Gasteiger partial charge on any atom is -0.496 e. The molecule has 0 N–H and O–H groups in total. The maximum absolute atomic E-state index is 13.5. The summed E-state index contributed by atoms with van der Waals surface area (Å²) >= 11 is 0. The molecule has 4 nitrogen and oxygen atoms in total. The molecule has 0 aromatic heterocycles. The van der Waals surface area contributed by atoms with E-state index in [9.17, 15) is 4.79 Å². The molecule has 3 fully saturated rings. The molecule has 2 aliphatic carbocycles. The molecule has 5 rings (SSSR count). The second kappa shape index (κ2) is 5.97. The van der Waals surface area contributed by atoms with Crippen molar-refractivity contribution in [1.29, 1.82) is 0 Å². The van der Waals surface area contributed by atoms with E-state index in [1.807, 2.05) is 12.1 Å². The van der Waals surface area contributed by atoms with Crippen LogP contribution in [0, 0.1) is 23.7 Å². The average molecular weight is 370 g/mol. The summed E-state index contributed by atoms with van der Waals surface area (Å²) in [6, 6.07) is 6.24. The van der Waals surface area contributed by atoms with Gasteiger partial charge in [-0.2, -0.15) is 0 Å². The first-order chi connectivity index (χ1) is 12.9. The number of rotatable bonds is 1. The fourth-order valence-electron chi connectivity index (χ4n) is 6.48. The van der Waals surface area contributed by atoms with E-state index in [0.717, 1.165) is 25.0 Å². The molecule has 27 heavy (non-hydrogen) atoms. The molecule has 2 aliphatic heterocycles. The number of benzene rings is 1. The van der Waals surface area contributed by atoms with Crippen molar-refractivity contribution in [3.8, 4) is 5.75 Å². The lowest BCUT2D eigenvalue weighted by Gasteiger charge is -2.56. The van der Waals surface area contributed by atoms with Crippen LogP contribution in [0.15, 0.2) is 18.2 Å². The number of hydrogen-bond acceptors (Lipinski definition) is 3. The fourth-order valence-corrected chi connectivity index (χ4v) is 6.48. The molecule has 1 amide bonds. The predicted molar refractivity (Wildman–Crippen MR) is 103 cm³/mol. The maximum Gasteiger partial charge on any atom is 0.228 e. The minimum atomic E-state index is -0.127. The summed E-state index contributed by atoms with van der Waals surface area (Å²) in [7, 11) is 1.74. The van der Waals surface area contributed by atoms with Crippen LogP contribution < -0.4 is 4.74 Å². The highest BCUT2D eigenvalue weighted by Gasteiger charge is 2.61. The van der Waals surface area contributed by atoms with Crippen molar-refractivity contribution in [2.24, 2.45) is 23.7 Å². The third-order valence-electron chi connectivity index (χ3n) is 7.92. The molecule has 6 atom stereocenters. The van der Waals surface area contributed by atoms with Gasteiger partial charge >= 0.3 is 0 Å². The van der Waals surface area contributed by atoms with E-state index in [-0.39, 0.29) is 29.7 Å². The van der Waals surface area contributed by atoms with Gasteiger partial charge in [0, 0.05) is 23.3 Å². The molecule has 4 heteroatoms. The summed E-state index contributed by atoms with van der Waals surface area (Å²) in [5.74, 6) is 2.71. The molecule has 2 saturated heterocycles. The van der Waals surface area contributed by atoms with Crippen molar-refractivity contribution in [2.75, 3.05) is 7.11 Å². The van der Waals surface area contributed by atoms with Crippen molar-refractivity contribution in [3.63, 3.8) is 0 Å². The third-order valence-corrected chi connectivity index (χ3v) is 7.92. The smallest absolute Gasteiger partial charge is 0.228 e. The van der Waals surface area contributed by atoms with Crippen LogP contribution in [0.4, 0.5) is 0 Å². The van der Waals surface area contributed by atoms with Crippen LogP contribution in [0.25, 0.3) is 0 Å². The van der Waals surface area contributed by atoms with Crippen molar-refractivity contribution < 1.29 is 14.3 Å². The monoisotopic (exact) mass is 369 g/mol. The predicted octanol–water partition coefficient (Wildman–Crippen LogP) is 3.81. The Balaban J connectivity index is 1.52. The number of carbonyl (C=O) groups is 1. The summed E-state index contributed by atoms with van der Waals surface area (Å²) in [6.45, 7) is 6.89. The zero-order valence-corrected chi connectivity index (χ0v) is 16.9. The van der Waals surface area contributed by atoms with Gasteiger partial charge in [0.1, 0.15) is 12.0 Å². The van der Waals surface area contributed by atoms with Gasteiger partial charge in [-0.3, -0.25) is 4.79 Å². The van der Waals surface area contributed by atoms with Crippen molar-refractivity contribution in [3.05, 3.63) is 29.3 Å². The number of amides is 1. The molecule has 0 unspecified atom stereocenters. The molecule has 1 aromatic rings. The van der Waals surface area contributed by atoms with E-state index in [1.165, 1.54) is 24.0 Å². The molecule has 0 bridgehead atoms. The molecular formula is C23H31NO3. The van der Waals surface area contributed by atoms with Crippen LogP contribution in [-0.2, 0) is 22.4 Å². The molecule has 4 aliphatic rings. The van der Waals surface area contributed by atoms with Crippen molar-refractivity contribution in [2.45, 2.75) is 70.7 Å². The zero-order valence-electron chi connectivity index (χ0n) is 16.9. The Kier molecular flexibility index (Phi) is 3.88. The van der Waals surface area contributed by atoms with Gasteiger partial charge in [0.15, 0.2) is 0 Å². The summed E-state index contributed by atoms with van der Waals surface area (Å²) in [4.78, 5) is 15.6. The Hall–Kier alpha value is -1.55. The topological polar surface area (TPSA) is 38.8 Å². The van der Waals surface area contributed by atoms with Crippen LogP contribution >= 0.6 is 0 Å². The Morgan fingerprint density at radius 2 is 2.04 bits per heavy atom. The van der Waals surface area contributed by atoms with Gasteiger partial charge in [-0.1, -0.05) is 25.5 Å². The Labute approximate surface area is 162 Å². The molecule has 146 valence electrons. The van der Waals surface area contributed by atoms with Gasteiger partial charge in [0.05, 0.1) is 13.2 Å². The molecule has 0 radical (unpaired) electrons. The lowest BCUT2D eigenvalue weighted by molar-refractivity contribution is -0.227. The Morgan fingerprint density at radius 1 is 1.22 bits per heavy atom. The highest BCUT2D eigenvalue weighted by atomic mass is 16.5. The first-order valence-corrected chi connectivity index (χ1v) is 10.5. The first kappa shape index (κ1) is 17.5. The maximum atomic E-state index is 13.5. The van der Waals surface area contributed by atoms with Gasteiger partial charge < -0.3 is 14.4 Å². The lowest BCUT2D eigenvalue weighted by atomic mass is 9.69. The van der Waals surface area contributed by atoms with Gasteiger partial charge in [0.2, 0.25) is 5.91 Å². The minimum absolute atomic E-state index is 0.0476. The molecule has 1 aromatic carbocycles. The number of nitrogens with zero attached hydrogens (tertiary/aromatic N) is 1. The summed E-state index contributed by atoms with van der Waals surface area (Å²) < 4.78 is 12.3. The molecule has 2 heterocycles. The normalized spacial score (nSPS) is 39.3. The largest absolute Gasteiger partial charge is 0.496 e. The number of ether oxygens (including phenoxy) is 2. The summed E-state index contributed by atoms with van der Waals surface area (Å²) in [5, 5.41) is 0. The van der Waals surface area contributed by atoms with Gasteiger partial charge in [0.25, 0.3) is 0 Å². The van der Waals surface area contributed by atoms with Gasteiger partial charge in [-0.25, -0.2) is 0 Å². The zero-order chi connectivity index (χ0) is 18.9. The third kappa shape index (κ3) is 2.41. The number of carbonyl (C=O) groups excluding carboxylic acids is 1. The van der Waals surface area contributed by atoms with E-state index in [4.69, 9.17) is 9.47 Å². The number of hydrogen-bond donors (Lipinski definition) is 0. The highest BCUT2D eigenvalue weighted by Crippen LogP contribution is 2.53. The van der Waals surface area contributed by atoms with E-state index >= 15 is 0 Å². The quantitative estimate of drug-likeness (QED) is 0.756. The number of methoxy groups -OCH3 is 1. The second-order valence-corrected chi connectivity index (χ2v) is 9.73. The second-order valence-electron chi connectivity index (χ2n) is 9.73. The van der Waals surface area contributed by atoms with Gasteiger partial charge in [-0.05, 0) is 62.6 Å². The van der Waals surface area contributed by atoms with Gasteiger partial charge in [-0.15, -0.1) is 0 Å². The lowest BCUT2D eigenvalue weighted by Crippen LogP contribution is -2.64. The summed E-state index contributed by atoms with van der Waals surface area (Å²) in [6.07, 6.45) is 5.44. The van der Waals surface area contributed by atoms with Crippen LogP contribution in [0.5, 0.6) is 5.75 Å². The first-order valence-electron chi connectivity index (χ1n) is 10.5. The van der Waals surface area contributed by atoms with Crippen LogP contribution in [-0.4, -0.2) is 35.8 Å². The Bertz CT molecular complexity index is 773. The van der Waals surface area contributed by atoms with Crippen molar-refractivity contribution in [1.82, 2.24) is 4.90 Å². The highest BCUT2D eigenvalue weighted by molar-refractivity contribution is 5.84. The Morgan fingerprint density at radius 3 is 2.81 bits per heavy atom. The van der Waals surface area contributed by atoms with Crippen LogP contribution in [0.3, 0.4) is 0 Å². The van der Waals surface area contributed by atoms with E-state index in [1.54, 1.807) is 7.11 Å². The number of fused-ring (bicyclic) bond motifs is 5. The van der Waals surface area contributed by atoms with E-state index in [2.05, 4.69) is 31.7 Å². The van der Waals surface area contributed by atoms with Crippen LogP contribution in [0.2, 0.25) is 0 Å². The fraction of sp³-hybridized carbons (Fsp3) is 0.696. The van der Waals surface area contributed by atoms with Crippen LogP contribution in [0.1, 0.15) is 51.2 Å². The SMILES string of the molecule is COc1cccc2c1C[C@H]1[C@H](C2)C(=O)N2[C@H]1O[C@@H]1C[C@H](C)CC[C@H]1C2(C)C. The molecule has 0 spiro atoms. The van der Waals surface area contributed by atoms with E-state index < -0.39 is 0 Å². The summed E-state index contributed by atoms with van der Waals surface area (Å²) in [5.41, 5.74) is 2.42.